The van der Waals surface area contributed by atoms with E-state index < -0.39 is 0 Å². The molecule has 0 fully saturated rings. The fourth-order valence-electron chi connectivity index (χ4n) is 2.70. The maximum atomic E-state index is 4.62. The van der Waals surface area contributed by atoms with E-state index in [1.54, 1.807) is 0 Å². The Kier molecular flexibility index (Phi) is 2.79. The van der Waals surface area contributed by atoms with Gasteiger partial charge in [-0.2, -0.15) is 5.10 Å². The molecule has 0 radical (unpaired) electrons. The highest BCUT2D eigenvalue weighted by Gasteiger charge is 2.15. The van der Waals surface area contributed by atoms with Crippen molar-refractivity contribution in [2.75, 3.05) is 0 Å². The first-order chi connectivity index (χ1) is 10.7. The molecule has 0 bridgehead atoms. The first-order valence-corrected chi connectivity index (χ1v) is 7.11. The maximum Gasteiger partial charge on any atom is 0.137 e. The van der Waals surface area contributed by atoms with Gasteiger partial charge in [-0.25, -0.2) is 4.98 Å². The van der Waals surface area contributed by atoms with Crippen LogP contribution in [0.5, 0.6) is 0 Å². The molecule has 0 spiro atoms. The molecule has 0 saturated carbocycles. The SMILES string of the molecule is Cc1ccc(-c2nn(C)cc2-c2ccnc3[nH]ccc23)cn1. The van der Waals surface area contributed by atoms with Crippen molar-refractivity contribution < 1.29 is 0 Å². The number of pyridine rings is 2. The molecular formula is C17H15N5. The Morgan fingerprint density at radius 2 is 1.95 bits per heavy atom. The molecule has 4 rings (SSSR count). The van der Waals surface area contributed by atoms with Crippen molar-refractivity contribution in [2.24, 2.45) is 7.05 Å². The van der Waals surface area contributed by atoms with Gasteiger partial charge < -0.3 is 4.98 Å². The second-order valence-electron chi connectivity index (χ2n) is 5.35. The zero-order chi connectivity index (χ0) is 15.1. The second-order valence-corrected chi connectivity index (χ2v) is 5.35. The number of aromatic nitrogens is 5. The average molecular weight is 289 g/mol. The van der Waals surface area contributed by atoms with Crippen LogP contribution in [-0.4, -0.2) is 24.7 Å². The molecule has 0 amide bonds. The molecule has 0 saturated heterocycles. The molecule has 108 valence electrons. The number of aromatic amines is 1. The molecular weight excluding hydrogens is 274 g/mol. The minimum absolute atomic E-state index is 0.884. The average Bonchev–Trinajstić information content (AvgIpc) is 3.14. The lowest BCUT2D eigenvalue weighted by Crippen LogP contribution is -1.89. The summed E-state index contributed by atoms with van der Waals surface area (Å²) in [7, 11) is 1.93. The fraction of sp³-hybridized carbons (Fsp3) is 0.118. The third-order valence-corrected chi connectivity index (χ3v) is 3.76. The fourth-order valence-corrected chi connectivity index (χ4v) is 2.70. The molecule has 4 aromatic heterocycles. The van der Waals surface area contributed by atoms with Gasteiger partial charge in [-0.1, -0.05) is 0 Å². The lowest BCUT2D eigenvalue weighted by molar-refractivity contribution is 0.771. The highest BCUT2D eigenvalue weighted by atomic mass is 15.3. The Labute approximate surface area is 127 Å². The molecule has 5 heteroatoms. The van der Waals surface area contributed by atoms with Crippen molar-refractivity contribution in [3.63, 3.8) is 0 Å². The highest BCUT2D eigenvalue weighted by molar-refractivity contribution is 5.96. The van der Waals surface area contributed by atoms with Crippen LogP contribution in [-0.2, 0) is 7.05 Å². The zero-order valence-corrected chi connectivity index (χ0v) is 12.4. The molecule has 0 atom stereocenters. The predicted octanol–water partition coefficient (Wildman–Crippen LogP) is 3.33. The van der Waals surface area contributed by atoms with E-state index in [1.165, 1.54) is 0 Å². The molecule has 5 nitrogen and oxygen atoms in total. The molecule has 4 aromatic rings. The molecule has 22 heavy (non-hydrogen) atoms. The normalized spacial score (nSPS) is 11.2. The van der Waals surface area contributed by atoms with Crippen molar-refractivity contribution in [2.45, 2.75) is 6.92 Å². The van der Waals surface area contributed by atoms with Crippen LogP contribution in [0, 0.1) is 6.92 Å². The van der Waals surface area contributed by atoms with Crippen molar-refractivity contribution in [1.82, 2.24) is 24.7 Å². The van der Waals surface area contributed by atoms with Crippen LogP contribution < -0.4 is 0 Å². The first-order valence-electron chi connectivity index (χ1n) is 7.11. The summed E-state index contributed by atoms with van der Waals surface area (Å²) in [6.45, 7) is 1.98. The molecule has 0 aliphatic heterocycles. The lowest BCUT2D eigenvalue weighted by atomic mass is 10.0. The summed E-state index contributed by atoms with van der Waals surface area (Å²) < 4.78 is 1.84. The molecule has 4 heterocycles. The van der Waals surface area contributed by atoms with Gasteiger partial charge in [-0.05, 0) is 36.8 Å². The number of H-pyrrole nitrogens is 1. The van der Waals surface area contributed by atoms with Gasteiger partial charge in [0.1, 0.15) is 11.3 Å². The van der Waals surface area contributed by atoms with Gasteiger partial charge in [0.2, 0.25) is 0 Å². The Morgan fingerprint density at radius 3 is 2.77 bits per heavy atom. The van der Waals surface area contributed by atoms with Gasteiger partial charge in [0.15, 0.2) is 0 Å². The highest BCUT2D eigenvalue weighted by Crippen LogP contribution is 2.34. The third-order valence-electron chi connectivity index (χ3n) is 3.76. The number of nitrogens with one attached hydrogen (secondary N) is 1. The summed E-state index contributed by atoms with van der Waals surface area (Å²) in [6, 6.07) is 8.13. The molecule has 0 aliphatic carbocycles. The number of aryl methyl sites for hydroxylation is 2. The summed E-state index contributed by atoms with van der Waals surface area (Å²) in [5.41, 5.74) is 6.04. The van der Waals surface area contributed by atoms with Gasteiger partial charge in [-0.15, -0.1) is 0 Å². The second kappa shape index (κ2) is 4.80. The summed E-state index contributed by atoms with van der Waals surface area (Å²) in [5.74, 6) is 0. The monoisotopic (exact) mass is 289 g/mol. The smallest absolute Gasteiger partial charge is 0.137 e. The van der Waals surface area contributed by atoms with E-state index in [2.05, 4.69) is 26.1 Å². The minimum atomic E-state index is 0.884. The quantitative estimate of drug-likeness (QED) is 0.615. The van der Waals surface area contributed by atoms with Gasteiger partial charge >= 0.3 is 0 Å². The summed E-state index contributed by atoms with van der Waals surface area (Å²) in [5, 5.41) is 5.72. The zero-order valence-electron chi connectivity index (χ0n) is 12.4. The Hall–Kier alpha value is -2.95. The van der Waals surface area contributed by atoms with E-state index in [1.807, 2.05) is 61.6 Å². The van der Waals surface area contributed by atoms with Crippen LogP contribution in [0.25, 0.3) is 33.4 Å². The Morgan fingerprint density at radius 1 is 1.05 bits per heavy atom. The molecule has 0 unspecified atom stereocenters. The summed E-state index contributed by atoms with van der Waals surface area (Å²) in [6.07, 6.45) is 7.64. The number of hydrogen-bond donors (Lipinski definition) is 1. The van der Waals surface area contributed by atoms with E-state index in [0.29, 0.717) is 0 Å². The van der Waals surface area contributed by atoms with E-state index >= 15 is 0 Å². The van der Waals surface area contributed by atoms with E-state index in [9.17, 15) is 0 Å². The van der Waals surface area contributed by atoms with Crippen LogP contribution in [0.4, 0.5) is 0 Å². The van der Waals surface area contributed by atoms with Crippen molar-refractivity contribution in [1.29, 1.82) is 0 Å². The van der Waals surface area contributed by atoms with Crippen LogP contribution >= 0.6 is 0 Å². The Balaban J connectivity index is 1.96. The number of nitrogens with zero attached hydrogens (tertiary/aromatic N) is 4. The van der Waals surface area contributed by atoms with Gasteiger partial charge in [-0.3, -0.25) is 9.67 Å². The topological polar surface area (TPSA) is 59.4 Å². The third kappa shape index (κ3) is 1.98. The summed E-state index contributed by atoms with van der Waals surface area (Å²) >= 11 is 0. The molecule has 1 N–H and O–H groups in total. The predicted molar refractivity (Wildman–Crippen MR) is 86.3 cm³/mol. The van der Waals surface area contributed by atoms with E-state index in [-0.39, 0.29) is 0 Å². The molecule has 0 aromatic carbocycles. The molecule has 0 aliphatic rings. The van der Waals surface area contributed by atoms with Gasteiger partial charge in [0, 0.05) is 54.0 Å². The number of hydrogen-bond acceptors (Lipinski definition) is 3. The minimum Gasteiger partial charge on any atom is -0.346 e. The first kappa shape index (κ1) is 12.8. The van der Waals surface area contributed by atoms with Crippen LogP contribution in [0.3, 0.4) is 0 Å². The number of fused-ring (bicyclic) bond motifs is 1. The number of rotatable bonds is 2. The van der Waals surface area contributed by atoms with Gasteiger partial charge in [0.05, 0.1) is 0 Å². The van der Waals surface area contributed by atoms with Crippen molar-refractivity contribution in [3.05, 3.63) is 54.7 Å². The van der Waals surface area contributed by atoms with Crippen LogP contribution in [0.1, 0.15) is 5.69 Å². The van der Waals surface area contributed by atoms with Crippen LogP contribution in [0.15, 0.2) is 49.1 Å². The Bertz CT molecular complexity index is 947. The standard InChI is InChI=1S/C17H15N5/c1-11-3-4-12(9-20-11)16-15(10-22(2)21-16)13-5-7-18-17-14(13)6-8-19-17/h3-10H,1-2H3,(H,18,19). The van der Waals surface area contributed by atoms with Crippen LogP contribution in [0.2, 0.25) is 0 Å². The maximum absolute atomic E-state index is 4.62. The summed E-state index contributed by atoms with van der Waals surface area (Å²) in [4.78, 5) is 11.9. The van der Waals surface area contributed by atoms with Crippen molar-refractivity contribution >= 4 is 11.0 Å². The lowest BCUT2D eigenvalue weighted by Gasteiger charge is -2.04. The van der Waals surface area contributed by atoms with E-state index in [4.69, 9.17) is 0 Å². The van der Waals surface area contributed by atoms with Gasteiger partial charge in [0.25, 0.3) is 0 Å². The van der Waals surface area contributed by atoms with E-state index in [0.717, 1.165) is 39.1 Å². The largest absolute Gasteiger partial charge is 0.346 e. The van der Waals surface area contributed by atoms with Crippen molar-refractivity contribution in [3.8, 4) is 22.4 Å².